The van der Waals surface area contributed by atoms with E-state index in [0.717, 1.165) is 10.9 Å². The number of rotatable bonds is 5. The van der Waals surface area contributed by atoms with Gasteiger partial charge in [-0.1, -0.05) is 44.0 Å². The van der Waals surface area contributed by atoms with Crippen molar-refractivity contribution in [1.82, 2.24) is 4.90 Å². The van der Waals surface area contributed by atoms with Crippen LogP contribution >= 0.6 is 11.6 Å². The Hall–Kier alpha value is -0.240. The molecule has 1 aliphatic rings. The Bertz CT molecular complexity index is 413. The van der Waals surface area contributed by atoms with Crippen LogP contribution in [0.5, 0.6) is 0 Å². The molecule has 1 atom stereocenters. The van der Waals surface area contributed by atoms with Crippen LogP contribution in [-0.4, -0.2) is 25.0 Å². The Kier molecular flexibility index (Phi) is 6.37. The average Bonchev–Trinajstić information content (AvgIpc) is 2.28. The van der Waals surface area contributed by atoms with Crippen LogP contribution in [0.1, 0.15) is 46.5 Å². The third kappa shape index (κ3) is 3.50. The third-order valence-electron chi connectivity index (χ3n) is 4.62. The minimum Gasteiger partial charge on any atom is -1.00 e. The lowest BCUT2D eigenvalue weighted by molar-refractivity contribution is -0.00000425. The molecule has 1 fully saturated rings. The molecule has 0 saturated heterocycles. The number of benzene rings is 1. The lowest BCUT2D eigenvalue weighted by Crippen LogP contribution is -3.00. The summed E-state index contributed by atoms with van der Waals surface area (Å²) in [6.45, 7) is 4.65. The van der Waals surface area contributed by atoms with Gasteiger partial charge < -0.3 is 17.3 Å². The van der Waals surface area contributed by atoms with E-state index in [1.165, 1.54) is 31.2 Å². The van der Waals surface area contributed by atoms with E-state index in [1.54, 1.807) is 0 Å². The predicted octanol–water partition coefficient (Wildman–Crippen LogP) is 1.85. The smallest absolute Gasteiger partial charge is 1.00 e. The van der Waals surface area contributed by atoms with Crippen molar-refractivity contribution in [3.8, 4) is 0 Å². The number of halogens is 2. The van der Waals surface area contributed by atoms with Gasteiger partial charge in [-0.3, -0.25) is 0 Å². The molecule has 1 nitrogen and oxygen atoms in total. The second-order valence-electron chi connectivity index (χ2n) is 6.63. The van der Waals surface area contributed by atoms with Crippen molar-refractivity contribution in [2.75, 3.05) is 14.1 Å². The van der Waals surface area contributed by atoms with Gasteiger partial charge in [-0.15, -0.1) is 0 Å². The van der Waals surface area contributed by atoms with E-state index >= 15 is 0 Å². The molecule has 0 bridgehead atoms. The summed E-state index contributed by atoms with van der Waals surface area (Å²) in [5.41, 5.74) is 1.82. The standard InChI is InChI=1S/C17H26ClN.ClH/c1-13(2)12-16(19(3)4)17(10-5-11-17)14-6-8-15(18)9-7-14;/h6-9,13,16H,5,10-12H2,1-4H3;1H. The van der Waals surface area contributed by atoms with Crippen LogP contribution in [0.15, 0.2) is 24.3 Å². The van der Waals surface area contributed by atoms with Gasteiger partial charge in [0.15, 0.2) is 0 Å². The Morgan fingerprint density at radius 3 is 2.10 bits per heavy atom. The zero-order valence-electron chi connectivity index (χ0n) is 14.0. The van der Waals surface area contributed by atoms with Gasteiger partial charge in [0.25, 0.3) is 0 Å². The number of hydrogen-bond acceptors (Lipinski definition) is 1. The molecule has 0 radical (unpaired) electrons. The van der Waals surface area contributed by atoms with Crippen molar-refractivity contribution in [2.24, 2.45) is 5.92 Å². The maximum absolute atomic E-state index is 6.04. The molecule has 1 aromatic carbocycles. The van der Waals surface area contributed by atoms with Crippen molar-refractivity contribution < 1.29 is 13.8 Å². The minimum absolute atomic E-state index is 0. The lowest BCUT2D eigenvalue weighted by atomic mass is 9.58. The van der Waals surface area contributed by atoms with Gasteiger partial charge in [0.1, 0.15) is 0 Å². The number of likely N-dealkylation sites (N-methyl/N-ethyl adjacent to an activating group) is 1. The van der Waals surface area contributed by atoms with Crippen molar-refractivity contribution in [3.05, 3.63) is 34.9 Å². The predicted molar refractivity (Wildman–Crippen MR) is 85.0 cm³/mol. The van der Waals surface area contributed by atoms with Crippen LogP contribution in [0.4, 0.5) is 0 Å². The van der Waals surface area contributed by atoms with Crippen LogP contribution < -0.4 is 12.4 Å². The molecule has 0 aliphatic heterocycles. The quantitative estimate of drug-likeness (QED) is 0.801. The van der Waals surface area contributed by atoms with E-state index in [2.05, 4.69) is 45.0 Å². The summed E-state index contributed by atoms with van der Waals surface area (Å²) < 4.78 is 0. The zero-order chi connectivity index (χ0) is 14.0. The van der Waals surface area contributed by atoms with Crippen molar-refractivity contribution in [3.63, 3.8) is 0 Å². The molecule has 1 saturated carbocycles. The molecule has 1 aliphatic carbocycles. The van der Waals surface area contributed by atoms with Crippen molar-refractivity contribution >= 4 is 11.6 Å². The van der Waals surface area contributed by atoms with Gasteiger partial charge in [-0.05, 0) is 57.0 Å². The Labute approximate surface area is 136 Å². The van der Waals surface area contributed by atoms with Crippen LogP contribution in [-0.2, 0) is 5.41 Å². The SMILES string of the molecule is CC(C)CC(N(C)C)C1(c2ccc(Cl)cc2)CCC1.[Cl-].[H+]. The first-order valence-corrected chi connectivity index (χ1v) is 7.76. The highest BCUT2D eigenvalue weighted by Gasteiger charge is 2.46. The first-order valence-electron chi connectivity index (χ1n) is 7.38. The summed E-state index contributed by atoms with van der Waals surface area (Å²) in [5.74, 6) is 0.733. The summed E-state index contributed by atoms with van der Waals surface area (Å²) in [6.07, 6.45) is 5.23. The Morgan fingerprint density at radius 2 is 1.75 bits per heavy atom. The molecule has 1 unspecified atom stereocenters. The molecule has 0 heterocycles. The van der Waals surface area contributed by atoms with Gasteiger partial charge in [-0.2, -0.15) is 0 Å². The summed E-state index contributed by atoms with van der Waals surface area (Å²) in [6, 6.07) is 9.18. The normalized spacial score (nSPS) is 18.6. The largest absolute Gasteiger partial charge is 1.00 e. The molecule has 0 aromatic heterocycles. The fourth-order valence-electron chi connectivity index (χ4n) is 3.53. The average molecular weight is 316 g/mol. The lowest BCUT2D eigenvalue weighted by Gasteiger charge is -2.51. The number of hydrogen-bond donors (Lipinski definition) is 0. The second-order valence-corrected chi connectivity index (χ2v) is 7.06. The van der Waals surface area contributed by atoms with Crippen molar-refractivity contribution in [1.29, 1.82) is 0 Å². The molecular weight excluding hydrogens is 289 g/mol. The summed E-state index contributed by atoms with van der Waals surface area (Å²) in [5, 5.41) is 0.837. The van der Waals surface area contributed by atoms with Crippen LogP contribution in [0.3, 0.4) is 0 Å². The molecule has 0 N–H and O–H groups in total. The van der Waals surface area contributed by atoms with Crippen LogP contribution in [0.2, 0.25) is 5.02 Å². The van der Waals surface area contributed by atoms with E-state index in [1.807, 2.05) is 12.1 Å². The molecule has 2 rings (SSSR count). The summed E-state index contributed by atoms with van der Waals surface area (Å²) >= 11 is 6.04. The molecular formula is C17H27Cl2N. The van der Waals surface area contributed by atoms with E-state index in [0.29, 0.717) is 11.5 Å². The number of nitrogens with zero attached hydrogens (tertiary/aromatic N) is 1. The first kappa shape index (κ1) is 17.8. The van der Waals surface area contributed by atoms with E-state index in [9.17, 15) is 0 Å². The molecule has 0 amide bonds. The molecule has 0 spiro atoms. The second kappa shape index (κ2) is 7.15. The molecule has 20 heavy (non-hydrogen) atoms. The molecule has 3 heteroatoms. The maximum Gasteiger partial charge on any atom is 1.00 e. The zero-order valence-corrected chi connectivity index (χ0v) is 14.5. The highest BCUT2D eigenvalue weighted by Crippen LogP contribution is 2.49. The van der Waals surface area contributed by atoms with Gasteiger partial charge >= 0.3 is 1.43 Å². The molecule has 1 aromatic rings. The van der Waals surface area contributed by atoms with E-state index in [-0.39, 0.29) is 13.8 Å². The Morgan fingerprint density at radius 1 is 1.20 bits per heavy atom. The van der Waals surface area contributed by atoms with E-state index < -0.39 is 0 Å². The van der Waals surface area contributed by atoms with Gasteiger partial charge in [0.2, 0.25) is 0 Å². The first-order chi connectivity index (χ1) is 8.95. The monoisotopic (exact) mass is 315 g/mol. The van der Waals surface area contributed by atoms with Gasteiger partial charge in [0.05, 0.1) is 0 Å². The van der Waals surface area contributed by atoms with Crippen LogP contribution in [0.25, 0.3) is 0 Å². The van der Waals surface area contributed by atoms with Gasteiger partial charge in [0, 0.05) is 16.5 Å². The highest BCUT2D eigenvalue weighted by molar-refractivity contribution is 6.30. The van der Waals surface area contributed by atoms with Crippen LogP contribution in [0, 0.1) is 5.92 Å². The van der Waals surface area contributed by atoms with Gasteiger partial charge in [-0.25, -0.2) is 0 Å². The fourth-order valence-corrected chi connectivity index (χ4v) is 3.66. The summed E-state index contributed by atoms with van der Waals surface area (Å²) in [4.78, 5) is 2.42. The maximum atomic E-state index is 6.04. The molecule has 114 valence electrons. The third-order valence-corrected chi connectivity index (χ3v) is 4.87. The Balaban J connectivity index is 0.00000200. The topological polar surface area (TPSA) is 3.24 Å². The van der Waals surface area contributed by atoms with Crippen molar-refractivity contribution in [2.45, 2.75) is 51.0 Å². The highest BCUT2D eigenvalue weighted by atomic mass is 35.5. The van der Waals surface area contributed by atoms with E-state index in [4.69, 9.17) is 11.6 Å². The summed E-state index contributed by atoms with van der Waals surface area (Å²) in [7, 11) is 4.45. The minimum atomic E-state index is 0. The fraction of sp³-hybridized carbons (Fsp3) is 0.647.